The first kappa shape index (κ1) is 32.6. The Morgan fingerprint density at radius 1 is 1.11 bits per heavy atom. The number of fused-ring (bicyclic) bond motifs is 2. The summed E-state index contributed by atoms with van der Waals surface area (Å²) in [7, 11) is -1.76. The molecule has 2 nitrogen and oxygen atoms in total. The predicted molar refractivity (Wildman–Crippen MR) is 175 cm³/mol. The van der Waals surface area contributed by atoms with E-state index in [0.29, 0.717) is 35.6 Å². The van der Waals surface area contributed by atoms with Crippen molar-refractivity contribution in [2.45, 2.75) is 144 Å². The maximum atomic E-state index is 14.4. The normalized spacial score (nSPS) is 32.2. The second-order valence-electron chi connectivity index (χ2n) is 15.5. The standard InChI is InChI=1S/C34H59IO2Si/c1-23(2)24(3)12-13-25(4)29(18-21-35)34(9)20-17-30-28(31(34)36)15-14-26-22-27(16-19-33(26,30)8)37-38(10,11)32(5,6)7/h23,25-27,29H,3,12-22H2,1-2,4-11H3/t25-,26+,27+,29-,33+,34-/m1/s1. The largest absolute Gasteiger partial charge is 0.414 e. The molecule has 6 atom stereocenters. The van der Waals surface area contributed by atoms with Crippen LogP contribution in [0.5, 0.6) is 0 Å². The van der Waals surface area contributed by atoms with Crippen LogP contribution < -0.4 is 0 Å². The van der Waals surface area contributed by atoms with E-state index in [4.69, 9.17) is 4.43 Å². The van der Waals surface area contributed by atoms with Crippen molar-refractivity contribution in [2.24, 2.45) is 34.5 Å². The molecule has 218 valence electrons. The van der Waals surface area contributed by atoms with Gasteiger partial charge in [-0.2, -0.15) is 0 Å². The number of Topliss-reactive ketones (excluding diaryl/α,β-unsaturated/α-hetero) is 1. The zero-order chi connectivity index (χ0) is 28.7. The highest BCUT2D eigenvalue weighted by molar-refractivity contribution is 14.1. The van der Waals surface area contributed by atoms with Gasteiger partial charge in [-0.3, -0.25) is 4.79 Å². The molecule has 0 heterocycles. The third kappa shape index (κ3) is 6.42. The maximum Gasteiger partial charge on any atom is 0.192 e. The number of alkyl halides is 1. The van der Waals surface area contributed by atoms with E-state index in [1.165, 1.54) is 24.0 Å². The first-order valence-electron chi connectivity index (χ1n) is 15.7. The van der Waals surface area contributed by atoms with E-state index in [-0.39, 0.29) is 15.9 Å². The van der Waals surface area contributed by atoms with Gasteiger partial charge in [0.15, 0.2) is 14.1 Å². The molecular weight excluding hydrogens is 595 g/mol. The fourth-order valence-electron chi connectivity index (χ4n) is 7.84. The van der Waals surface area contributed by atoms with Crippen LogP contribution >= 0.6 is 22.6 Å². The summed E-state index contributed by atoms with van der Waals surface area (Å²) in [6.45, 7) is 27.9. The summed E-state index contributed by atoms with van der Waals surface area (Å²) in [6, 6.07) is 0. The summed E-state index contributed by atoms with van der Waals surface area (Å²) in [5, 5.41) is 0.254. The van der Waals surface area contributed by atoms with E-state index in [0.717, 1.165) is 55.8 Å². The van der Waals surface area contributed by atoms with E-state index in [2.05, 4.69) is 97.7 Å². The molecule has 3 aliphatic carbocycles. The predicted octanol–water partition coefficient (Wildman–Crippen LogP) is 10.7. The van der Waals surface area contributed by atoms with Gasteiger partial charge in [0.1, 0.15) is 0 Å². The molecule has 1 fully saturated rings. The van der Waals surface area contributed by atoms with Crippen molar-refractivity contribution < 1.29 is 9.22 Å². The summed E-state index contributed by atoms with van der Waals surface area (Å²) in [5.74, 6) is 2.73. The van der Waals surface area contributed by atoms with Crippen LogP contribution in [-0.2, 0) is 9.22 Å². The fraction of sp³-hybridized carbons (Fsp3) is 0.853. The Balaban J connectivity index is 1.79. The molecule has 0 unspecified atom stereocenters. The van der Waals surface area contributed by atoms with Gasteiger partial charge in [0.2, 0.25) is 0 Å². The monoisotopic (exact) mass is 654 g/mol. The quantitative estimate of drug-likeness (QED) is 0.101. The molecule has 0 aromatic heterocycles. The van der Waals surface area contributed by atoms with Crippen molar-refractivity contribution in [1.29, 1.82) is 0 Å². The van der Waals surface area contributed by atoms with Crippen LogP contribution in [0.1, 0.15) is 120 Å². The molecule has 0 aliphatic heterocycles. The van der Waals surface area contributed by atoms with Crippen molar-refractivity contribution in [2.75, 3.05) is 4.43 Å². The minimum atomic E-state index is -1.76. The van der Waals surface area contributed by atoms with Crippen LogP contribution in [0.25, 0.3) is 0 Å². The van der Waals surface area contributed by atoms with Crippen LogP contribution in [0.15, 0.2) is 23.3 Å². The minimum absolute atomic E-state index is 0.192. The van der Waals surface area contributed by atoms with Gasteiger partial charge < -0.3 is 4.43 Å². The molecule has 0 spiro atoms. The first-order chi connectivity index (χ1) is 17.5. The molecule has 38 heavy (non-hydrogen) atoms. The Bertz CT molecular complexity index is 912. The molecule has 3 rings (SSSR count). The lowest BCUT2D eigenvalue weighted by atomic mass is 9.51. The highest BCUT2D eigenvalue weighted by Crippen LogP contribution is 2.60. The molecule has 0 aromatic rings. The molecule has 0 aromatic carbocycles. The number of carbonyl (C=O) groups is 1. The molecular formula is C34H59IO2Si. The second-order valence-corrected chi connectivity index (χ2v) is 21.4. The van der Waals surface area contributed by atoms with Crippen molar-refractivity contribution in [1.82, 2.24) is 0 Å². The van der Waals surface area contributed by atoms with Crippen molar-refractivity contribution >= 4 is 36.7 Å². The first-order valence-corrected chi connectivity index (χ1v) is 20.1. The van der Waals surface area contributed by atoms with Crippen LogP contribution in [0.2, 0.25) is 18.1 Å². The Hall–Kier alpha value is 0.0569. The van der Waals surface area contributed by atoms with E-state index in [9.17, 15) is 4.79 Å². The van der Waals surface area contributed by atoms with Gasteiger partial charge in [-0.1, -0.05) is 95.7 Å². The molecule has 0 amide bonds. The Morgan fingerprint density at radius 3 is 2.34 bits per heavy atom. The summed E-state index contributed by atoms with van der Waals surface area (Å²) in [6.07, 6.45) is 11.6. The number of rotatable bonds is 10. The number of allylic oxidation sites excluding steroid dienone is 3. The van der Waals surface area contributed by atoms with E-state index in [1.807, 2.05) is 0 Å². The molecule has 4 heteroatoms. The smallest absolute Gasteiger partial charge is 0.192 e. The van der Waals surface area contributed by atoms with Gasteiger partial charge in [0.05, 0.1) is 0 Å². The molecule has 1 saturated carbocycles. The lowest BCUT2D eigenvalue weighted by Crippen LogP contribution is -2.50. The molecule has 0 saturated heterocycles. The number of carbonyl (C=O) groups excluding carboxylic acids is 1. The number of hydrogen-bond acceptors (Lipinski definition) is 2. The Kier molecular flexibility index (Phi) is 10.4. The third-order valence-electron chi connectivity index (χ3n) is 11.8. The average Bonchev–Trinajstić information content (AvgIpc) is 2.82. The summed E-state index contributed by atoms with van der Waals surface area (Å²) in [4.78, 5) is 14.4. The van der Waals surface area contributed by atoms with Gasteiger partial charge in [0.25, 0.3) is 0 Å². The number of ketones is 1. The van der Waals surface area contributed by atoms with Gasteiger partial charge in [-0.25, -0.2) is 0 Å². The lowest BCUT2D eigenvalue weighted by Gasteiger charge is -2.54. The van der Waals surface area contributed by atoms with Crippen molar-refractivity contribution in [3.8, 4) is 0 Å². The Labute approximate surface area is 250 Å². The highest BCUT2D eigenvalue weighted by Gasteiger charge is 2.54. The zero-order valence-electron chi connectivity index (χ0n) is 26.6. The zero-order valence-corrected chi connectivity index (χ0v) is 29.7. The van der Waals surface area contributed by atoms with Crippen molar-refractivity contribution in [3.05, 3.63) is 23.3 Å². The summed E-state index contributed by atoms with van der Waals surface area (Å²) >= 11 is 2.53. The maximum absolute atomic E-state index is 14.4. The highest BCUT2D eigenvalue weighted by atomic mass is 127. The van der Waals surface area contributed by atoms with Crippen LogP contribution in [-0.4, -0.2) is 24.6 Å². The topological polar surface area (TPSA) is 26.3 Å². The number of halogens is 1. The van der Waals surface area contributed by atoms with E-state index in [1.54, 1.807) is 5.57 Å². The fourth-order valence-corrected chi connectivity index (χ4v) is 9.92. The van der Waals surface area contributed by atoms with Crippen molar-refractivity contribution in [3.63, 3.8) is 0 Å². The van der Waals surface area contributed by atoms with Gasteiger partial charge in [0, 0.05) is 11.5 Å². The average molecular weight is 655 g/mol. The van der Waals surface area contributed by atoms with Crippen LogP contribution in [0.4, 0.5) is 0 Å². The molecule has 0 N–H and O–H groups in total. The minimum Gasteiger partial charge on any atom is -0.414 e. The van der Waals surface area contributed by atoms with E-state index < -0.39 is 8.32 Å². The van der Waals surface area contributed by atoms with Crippen LogP contribution in [0, 0.1) is 34.5 Å². The van der Waals surface area contributed by atoms with Gasteiger partial charge in [-0.05, 0) is 121 Å². The van der Waals surface area contributed by atoms with Gasteiger partial charge in [-0.15, -0.1) is 0 Å². The number of hydrogen-bond donors (Lipinski definition) is 0. The molecule has 0 radical (unpaired) electrons. The van der Waals surface area contributed by atoms with E-state index >= 15 is 0 Å². The second kappa shape index (κ2) is 12.1. The Morgan fingerprint density at radius 2 is 1.76 bits per heavy atom. The van der Waals surface area contributed by atoms with Crippen LogP contribution in [0.3, 0.4) is 0 Å². The molecule has 0 bridgehead atoms. The summed E-state index contributed by atoms with van der Waals surface area (Å²) in [5.41, 5.74) is 4.13. The third-order valence-corrected chi connectivity index (χ3v) is 17.0. The SMILES string of the molecule is C=C(CC[C@@H](C)[C@@H](CCI)[C@@]1(C)CCC2=C(CC[C@H]3C[C@@H](O[Si](C)(C)C(C)(C)C)CC[C@]23C)C1=O)C(C)C. The molecule has 3 aliphatic rings. The lowest BCUT2D eigenvalue weighted by molar-refractivity contribution is -0.131. The summed E-state index contributed by atoms with van der Waals surface area (Å²) < 4.78 is 8.04. The van der Waals surface area contributed by atoms with Gasteiger partial charge >= 0.3 is 0 Å².